The molecule has 0 heterocycles. The zero-order valence-corrected chi connectivity index (χ0v) is 11.4. The first-order valence-corrected chi connectivity index (χ1v) is 5.94. The molecule has 5 heteroatoms. The van der Waals surface area contributed by atoms with Crippen LogP contribution in [-0.4, -0.2) is 22.8 Å². The van der Waals surface area contributed by atoms with Crippen LogP contribution in [-0.2, 0) is 9.53 Å². The van der Waals surface area contributed by atoms with Crippen LogP contribution in [0.25, 0.3) is 0 Å². The molecule has 104 valence electrons. The highest BCUT2D eigenvalue weighted by Gasteiger charge is 2.35. The third-order valence-electron chi connectivity index (χ3n) is 2.69. The van der Waals surface area contributed by atoms with E-state index in [4.69, 9.17) is 10.8 Å². The average molecular weight is 257 g/mol. The number of carbonyl (C=O) groups excluding carboxylic acids is 1. The van der Waals surface area contributed by atoms with Gasteiger partial charge in [0.25, 0.3) is 0 Å². The number of ether oxygens (including phenoxy) is 1. The van der Waals surface area contributed by atoms with E-state index in [1.165, 1.54) is 0 Å². The van der Waals surface area contributed by atoms with Crippen molar-refractivity contribution in [2.75, 3.05) is 0 Å². The number of carbonyl (C=O) groups is 2. The van der Waals surface area contributed by atoms with Gasteiger partial charge in [0.1, 0.15) is 5.60 Å². The van der Waals surface area contributed by atoms with Crippen LogP contribution >= 0.6 is 0 Å². The molecule has 0 aliphatic heterocycles. The second kappa shape index (κ2) is 6.42. The van der Waals surface area contributed by atoms with E-state index in [0.717, 1.165) is 19.3 Å². The SMILES string of the molecule is C=CC1(CC(=O)O)CCC1.CC(C)(C)OC(N)=O. The Labute approximate surface area is 108 Å². The Morgan fingerprint density at radius 1 is 1.44 bits per heavy atom. The molecule has 1 rings (SSSR count). The van der Waals surface area contributed by atoms with Crippen molar-refractivity contribution in [1.29, 1.82) is 0 Å². The van der Waals surface area contributed by atoms with E-state index in [1.54, 1.807) is 26.8 Å². The first kappa shape index (κ1) is 16.5. The molecule has 5 nitrogen and oxygen atoms in total. The van der Waals surface area contributed by atoms with Crippen molar-refractivity contribution in [3.8, 4) is 0 Å². The number of nitrogens with two attached hydrogens (primary N) is 1. The number of carboxylic acids is 1. The molecule has 18 heavy (non-hydrogen) atoms. The van der Waals surface area contributed by atoms with Crippen LogP contribution in [0.3, 0.4) is 0 Å². The van der Waals surface area contributed by atoms with Crippen molar-refractivity contribution in [3.63, 3.8) is 0 Å². The fourth-order valence-electron chi connectivity index (χ4n) is 1.69. The third-order valence-corrected chi connectivity index (χ3v) is 2.69. The lowest BCUT2D eigenvalue weighted by Crippen LogP contribution is -2.29. The number of primary amides is 1. The second-order valence-electron chi connectivity index (χ2n) is 5.52. The number of carboxylic acid groups (broad SMARTS) is 1. The Kier molecular flexibility index (Phi) is 5.88. The highest BCUT2D eigenvalue weighted by Crippen LogP contribution is 2.44. The maximum absolute atomic E-state index is 10.3. The highest BCUT2D eigenvalue weighted by atomic mass is 16.6. The molecular formula is C13H23NO4. The summed E-state index contributed by atoms with van der Waals surface area (Å²) in [5.41, 5.74) is 4.22. The zero-order valence-electron chi connectivity index (χ0n) is 11.4. The van der Waals surface area contributed by atoms with Gasteiger partial charge in [-0.2, -0.15) is 0 Å². The third kappa shape index (κ3) is 6.93. The fraction of sp³-hybridized carbons (Fsp3) is 0.692. The van der Waals surface area contributed by atoms with E-state index >= 15 is 0 Å². The summed E-state index contributed by atoms with van der Waals surface area (Å²) >= 11 is 0. The molecule has 0 atom stereocenters. The minimum Gasteiger partial charge on any atom is -0.481 e. The van der Waals surface area contributed by atoms with E-state index in [1.807, 2.05) is 0 Å². The van der Waals surface area contributed by atoms with Crippen molar-refractivity contribution in [3.05, 3.63) is 12.7 Å². The molecule has 1 aliphatic rings. The van der Waals surface area contributed by atoms with Crippen molar-refractivity contribution >= 4 is 12.1 Å². The topological polar surface area (TPSA) is 89.6 Å². The van der Waals surface area contributed by atoms with E-state index in [9.17, 15) is 9.59 Å². The van der Waals surface area contributed by atoms with Gasteiger partial charge in [-0.05, 0) is 39.0 Å². The summed E-state index contributed by atoms with van der Waals surface area (Å²) in [5.74, 6) is -0.709. The van der Waals surface area contributed by atoms with Crippen LogP contribution in [0.15, 0.2) is 12.7 Å². The predicted molar refractivity (Wildman–Crippen MR) is 69.2 cm³/mol. The molecule has 0 aromatic heterocycles. The summed E-state index contributed by atoms with van der Waals surface area (Å²) in [6, 6.07) is 0. The molecular weight excluding hydrogens is 234 g/mol. The predicted octanol–water partition coefficient (Wildman–Crippen LogP) is 2.70. The summed E-state index contributed by atoms with van der Waals surface area (Å²) < 4.78 is 4.58. The number of allylic oxidation sites excluding steroid dienone is 1. The fourth-order valence-corrected chi connectivity index (χ4v) is 1.69. The summed E-state index contributed by atoms with van der Waals surface area (Å²) in [6.07, 6.45) is 4.49. The quantitative estimate of drug-likeness (QED) is 0.760. The van der Waals surface area contributed by atoms with Crippen LogP contribution in [0.5, 0.6) is 0 Å². The van der Waals surface area contributed by atoms with Gasteiger partial charge in [-0.1, -0.05) is 12.5 Å². The van der Waals surface area contributed by atoms with Gasteiger partial charge in [0.2, 0.25) is 0 Å². The molecule has 1 amide bonds. The van der Waals surface area contributed by atoms with E-state index in [2.05, 4.69) is 11.3 Å². The van der Waals surface area contributed by atoms with Gasteiger partial charge in [0.15, 0.2) is 0 Å². The van der Waals surface area contributed by atoms with Gasteiger partial charge in [0, 0.05) is 0 Å². The number of amides is 1. The van der Waals surface area contributed by atoms with Crippen molar-refractivity contribution in [2.45, 2.75) is 52.1 Å². The molecule has 0 aromatic rings. The Balaban J connectivity index is 0.000000331. The van der Waals surface area contributed by atoms with Gasteiger partial charge in [-0.25, -0.2) is 4.79 Å². The van der Waals surface area contributed by atoms with Gasteiger partial charge in [-0.3, -0.25) is 4.79 Å². The second-order valence-corrected chi connectivity index (χ2v) is 5.52. The molecule has 1 aliphatic carbocycles. The molecule has 0 radical (unpaired) electrons. The Morgan fingerprint density at radius 2 is 1.94 bits per heavy atom. The van der Waals surface area contributed by atoms with Crippen LogP contribution < -0.4 is 5.73 Å². The Morgan fingerprint density at radius 3 is 2.00 bits per heavy atom. The maximum Gasteiger partial charge on any atom is 0.405 e. The number of aliphatic carboxylic acids is 1. The van der Waals surface area contributed by atoms with Crippen LogP contribution in [0.1, 0.15) is 46.5 Å². The normalized spacial score (nSPS) is 16.6. The smallest absolute Gasteiger partial charge is 0.405 e. The Bertz CT molecular complexity index is 313. The van der Waals surface area contributed by atoms with E-state index < -0.39 is 17.7 Å². The summed E-state index contributed by atoms with van der Waals surface area (Å²) in [4.78, 5) is 20.3. The molecule has 3 N–H and O–H groups in total. The van der Waals surface area contributed by atoms with Gasteiger partial charge in [0.05, 0.1) is 6.42 Å². The monoisotopic (exact) mass is 257 g/mol. The van der Waals surface area contributed by atoms with Gasteiger partial charge in [-0.15, -0.1) is 6.58 Å². The summed E-state index contributed by atoms with van der Waals surface area (Å²) in [6.45, 7) is 8.93. The summed E-state index contributed by atoms with van der Waals surface area (Å²) in [5, 5.41) is 8.50. The number of hydrogen-bond acceptors (Lipinski definition) is 3. The average Bonchev–Trinajstić information content (AvgIpc) is 2.07. The molecule has 0 aromatic carbocycles. The standard InChI is InChI=1S/C8H12O2.C5H11NO2/c1-2-8(4-3-5-8)6-7(9)10;1-5(2,3)8-4(6)7/h2H,1,3-6H2,(H,9,10);1-3H3,(H2,6,7). The van der Waals surface area contributed by atoms with Crippen LogP contribution in [0.4, 0.5) is 4.79 Å². The summed E-state index contributed by atoms with van der Waals surface area (Å²) in [7, 11) is 0. The molecule has 1 saturated carbocycles. The molecule has 0 spiro atoms. The lowest BCUT2D eigenvalue weighted by atomic mass is 9.67. The van der Waals surface area contributed by atoms with Gasteiger partial charge < -0.3 is 15.6 Å². The first-order chi connectivity index (χ1) is 8.10. The molecule has 0 saturated heterocycles. The van der Waals surface area contributed by atoms with Crippen LogP contribution in [0.2, 0.25) is 0 Å². The lowest BCUT2D eigenvalue weighted by Gasteiger charge is -2.37. The van der Waals surface area contributed by atoms with E-state index in [-0.39, 0.29) is 11.8 Å². The molecule has 0 unspecified atom stereocenters. The number of hydrogen-bond donors (Lipinski definition) is 2. The maximum atomic E-state index is 10.3. The minimum atomic E-state index is -0.725. The van der Waals surface area contributed by atoms with Crippen molar-refractivity contribution < 1.29 is 19.4 Å². The van der Waals surface area contributed by atoms with E-state index in [0.29, 0.717) is 0 Å². The highest BCUT2D eigenvalue weighted by molar-refractivity contribution is 5.68. The van der Waals surface area contributed by atoms with Crippen LogP contribution in [0, 0.1) is 5.41 Å². The molecule has 1 fully saturated rings. The van der Waals surface area contributed by atoms with Crippen molar-refractivity contribution in [2.24, 2.45) is 11.1 Å². The zero-order chi connectivity index (χ0) is 14.4. The number of rotatable bonds is 3. The first-order valence-electron chi connectivity index (χ1n) is 5.94. The van der Waals surface area contributed by atoms with Crippen molar-refractivity contribution in [1.82, 2.24) is 0 Å². The largest absolute Gasteiger partial charge is 0.481 e. The Hall–Kier alpha value is -1.52. The molecule has 0 bridgehead atoms. The van der Waals surface area contributed by atoms with Gasteiger partial charge >= 0.3 is 12.1 Å². The lowest BCUT2D eigenvalue weighted by molar-refractivity contribution is -0.140. The minimum absolute atomic E-state index is 0.0498.